The van der Waals surface area contributed by atoms with E-state index in [0.29, 0.717) is 5.56 Å². The molecule has 45 heavy (non-hydrogen) atoms. The minimum atomic E-state index is -1.51. The van der Waals surface area contributed by atoms with Crippen molar-refractivity contribution < 1.29 is 53.7 Å². The van der Waals surface area contributed by atoms with Gasteiger partial charge in [-0.25, -0.2) is 4.79 Å². The van der Waals surface area contributed by atoms with Gasteiger partial charge in [0.05, 0.1) is 19.6 Å². The summed E-state index contributed by atoms with van der Waals surface area (Å²) in [6, 6.07) is 3.03. The maximum absolute atomic E-state index is 13.1. The molecule has 18 nitrogen and oxygen atoms in total. The molecule has 2 rings (SSSR count). The molecule has 2 aromatic rings. The van der Waals surface area contributed by atoms with E-state index in [1.54, 1.807) is 30.5 Å². The number of rotatable bonds is 19. The monoisotopic (exact) mass is 633 g/mol. The fraction of sp³-hybridized carbons (Fsp3) is 0.407. The molecule has 0 fully saturated rings. The number of hydrogen-bond acceptors (Lipinski definition) is 9. The topological polar surface area (TPSA) is 299 Å². The number of para-hydroxylation sites is 1. The molecule has 0 aliphatic rings. The summed E-state index contributed by atoms with van der Waals surface area (Å²) in [6.07, 6.45) is -0.0789. The van der Waals surface area contributed by atoms with Gasteiger partial charge in [-0.3, -0.25) is 33.6 Å². The Hall–Kier alpha value is -5.52. The molecule has 5 amide bonds. The number of hydrogen-bond donors (Lipinski definition) is 10. The van der Waals surface area contributed by atoms with E-state index in [1.165, 1.54) is 0 Å². The highest BCUT2D eigenvalue weighted by Gasteiger charge is 2.26. The lowest BCUT2D eigenvalue weighted by atomic mass is 10.0. The van der Waals surface area contributed by atoms with Crippen LogP contribution in [0.5, 0.6) is 0 Å². The van der Waals surface area contributed by atoms with Crippen molar-refractivity contribution in [3.05, 3.63) is 36.0 Å². The van der Waals surface area contributed by atoms with Crippen LogP contribution in [0.4, 0.5) is 0 Å². The predicted molar refractivity (Wildman–Crippen MR) is 154 cm³/mol. The van der Waals surface area contributed by atoms with E-state index in [1.807, 2.05) is 0 Å². The highest BCUT2D eigenvalue weighted by Crippen LogP contribution is 2.19. The van der Waals surface area contributed by atoms with Crippen molar-refractivity contribution in [2.75, 3.05) is 19.6 Å². The fourth-order valence-corrected chi connectivity index (χ4v) is 4.12. The molecular weight excluding hydrogens is 598 g/mol. The van der Waals surface area contributed by atoms with Gasteiger partial charge in [-0.05, 0) is 24.5 Å². The van der Waals surface area contributed by atoms with Gasteiger partial charge in [0.2, 0.25) is 29.5 Å². The smallest absolute Gasteiger partial charge is 0.326 e. The van der Waals surface area contributed by atoms with Crippen LogP contribution in [-0.2, 0) is 44.8 Å². The molecule has 0 spiro atoms. The Morgan fingerprint density at radius 3 is 1.78 bits per heavy atom. The number of carboxylic acid groups (broad SMARTS) is 3. The summed E-state index contributed by atoms with van der Waals surface area (Å²) in [4.78, 5) is 98.6. The summed E-state index contributed by atoms with van der Waals surface area (Å²) in [7, 11) is 0. The Kier molecular flexibility index (Phi) is 13.9. The number of aliphatic carboxylic acids is 3. The number of nitrogens with one attached hydrogen (secondary N) is 6. The summed E-state index contributed by atoms with van der Waals surface area (Å²) in [6.45, 7) is -1.82. The number of fused-ring (bicyclic) bond motifs is 1. The predicted octanol–water partition coefficient (Wildman–Crippen LogP) is -2.83. The molecule has 3 atom stereocenters. The zero-order chi connectivity index (χ0) is 33.5. The maximum atomic E-state index is 13.1. The normalized spacial score (nSPS) is 12.6. The number of amides is 5. The van der Waals surface area contributed by atoms with Gasteiger partial charge >= 0.3 is 17.9 Å². The van der Waals surface area contributed by atoms with Crippen LogP contribution in [0, 0.1) is 0 Å². The Morgan fingerprint density at radius 2 is 1.22 bits per heavy atom. The zero-order valence-corrected chi connectivity index (χ0v) is 24.0. The molecule has 0 aliphatic heterocycles. The first-order chi connectivity index (χ1) is 21.3. The van der Waals surface area contributed by atoms with E-state index in [0.717, 1.165) is 10.9 Å². The van der Waals surface area contributed by atoms with Crippen LogP contribution in [0.25, 0.3) is 10.9 Å². The number of carbonyl (C=O) groups is 8. The highest BCUT2D eigenvalue weighted by atomic mass is 16.4. The first-order valence-corrected chi connectivity index (χ1v) is 13.7. The van der Waals surface area contributed by atoms with Gasteiger partial charge in [0.25, 0.3) is 0 Å². The van der Waals surface area contributed by atoms with Crippen molar-refractivity contribution in [3.8, 4) is 0 Å². The summed E-state index contributed by atoms with van der Waals surface area (Å²) in [5.41, 5.74) is 6.61. The van der Waals surface area contributed by atoms with Crippen LogP contribution in [0.15, 0.2) is 30.5 Å². The summed E-state index contributed by atoms with van der Waals surface area (Å²) >= 11 is 0. The third kappa shape index (κ3) is 12.3. The van der Waals surface area contributed by atoms with Crippen molar-refractivity contribution >= 4 is 58.3 Å². The van der Waals surface area contributed by atoms with Crippen molar-refractivity contribution in [3.63, 3.8) is 0 Å². The van der Waals surface area contributed by atoms with Crippen molar-refractivity contribution in [2.24, 2.45) is 5.73 Å². The molecule has 0 bridgehead atoms. The molecule has 18 heteroatoms. The van der Waals surface area contributed by atoms with Crippen LogP contribution < -0.4 is 32.3 Å². The summed E-state index contributed by atoms with van der Waals surface area (Å²) in [5.74, 6) is -8.11. The third-order valence-electron chi connectivity index (χ3n) is 6.36. The average Bonchev–Trinajstić information content (AvgIpc) is 3.40. The SMILES string of the molecule is NCC(=O)N[C@@H](CCC(=O)O)C(=O)NCC(=O)N[C@@H](Cc1c[nH]c2ccccc12)C(=O)NCC(=O)N[C@@H](CCC(=O)O)C(=O)O. The number of aromatic nitrogens is 1. The Bertz CT molecular complexity index is 1420. The molecule has 0 saturated heterocycles. The number of carboxylic acids is 3. The molecule has 244 valence electrons. The first-order valence-electron chi connectivity index (χ1n) is 13.7. The van der Waals surface area contributed by atoms with E-state index >= 15 is 0 Å². The molecule has 0 unspecified atom stereocenters. The lowest BCUT2D eigenvalue weighted by Gasteiger charge is -2.20. The van der Waals surface area contributed by atoms with Crippen molar-refractivity contribution in [1.82, 2.24) is 31.6 Å². The van der Waals surface area contributed by atoms with Gasteiger partial charge in [-0.1, -0.05) is 18.2 Å². The quantitative estimate of drug-likeness (QED) is 0.0749. The number of benzene rings is 1. The Balaban J connectivity index is 2.10. The molecule has 0 aliphatic carbocycles. The minimum absolute atomic E-state index is 0.0681. The van der Waals surface area contributed by atoms with Gasteiger partial charge in [-0.15, -0.1) is 0 Å². The largest absolute Gasteiger partial charge is 0.481 e. The number of nitrogens with two attached hydrogens (primary N) is 1. The van der Waals surface area contributed by atoms with E-state index in [2.05, 4.69) is 31.6 Å². The molecule has 1 aromatic carbocycles. The fourth-order valence-electron chi connectivity index (χ4n) is 4.12. The second kappa shape index (κ2) is 17.6. The van der Waals surface area contributed by atoms with Gasteiger partial charge in [0.1, 0.15) is 18.1 Å². The molecule has 1 aromatic heterocycles. The van der Waals surface area contributed by atoms with Crippen LogP contribution >= 0.6 is 0 Å². The van der Waals surface area contributed by atoms with Crippen molar-refractivity contribution in [1.29, 1.82) is 0 Å². The second-order valence-electron chi connectivity index (χ2n) is 9.77. The van der Waals surface area contributed by atoms with Gasteiger partial charge in [-0.2, -0.15) is 0 Å². The lowest BCUT2D eigenvalue weighted by Crippen LogP contribution is -2.54. The highest BCUT2D eigenvalue weighted by molar-refractivity contribution is 5.95. The summed E-state index contributed by atoms with van der Waals surface area (Å²) < 4.78 is 0. The molecule has 0 saturated carbocycles. The minimum Gasteiger partial charge on any atom is -0.481 e. The number of H-pyrrole nitrogens is 1. The van der Waals surface area contributed by atoms with Crippen LogP contribution in [0.3, 0.4) is 0 Å². The molecular formula is C27H35N7O11. The van der Waals surface area contributed by atoms with E-state index in [9.17, 15) is 43.5 Å². The summed E-state index contributed by atoms with van der Waals surface area (Å²) in [5, 5.41) is 39.1. The standard InChI is InChI=1S/C27H35N7O11/c28-10-20(35)32-17(5-7-23(38)39)25(42)30-13-22(37)34-19(9-14-11-29-16-4-2-1-3-15(14)16)26(43)31-12-21(36)33-18(27(44)45)6-8-24(40)41/h1-4,11,17-19,29H,5-10,12-13,28H2,(H,30,42)(H,31,43)(H,32,35)(H,33,36)(H,34,37)(H,38,39)(H,40,41)(H,44,45)/t17-,18-,19-/m0/s1. The first kappa shape index (κ1) is 35.7. The molecule has 0 radical (unpaired) electrons. The second-order valence-corrected chi connectivity index (χ2v) is 9.77. The van der Waals surface area contributed by atoms with E-state index < -0.39 is 98.0 Å². The third-order valence-corrected chi connectivity index (χ3v) is 6.36. The Labute approximate surface area is 255 Å². The average molecular weight is 634 g/mol. The number of carbonyl (C=O) groups excluding carboxylic acids is 5. The van der Waals surface area contributed by atoms with E-state index in [4.69, 9.17) is 15.9 Å². The van der Waals surface area contributed by atoms with E-state index in [-0.39, 0.29) is 19.3 Å². The Morgan fingerprint density at radius 1 is 0.711 bits per heavy atom. The lowest BCUT2D eigenvalue weighted by molar-refractivity contribution is -0.143. The van der Waals surface area contributed by atoms with Gasteiger partial charge < -0.3 is 52.6 Å². The van der Waals surface area contributed by atoms with Crippen LogP contribution in [-0.4, -0.2) is 106 Å². The van der Waals surface area contributed by atoms with Gasteiger partial charge in [0, 0.05) is 36.4 Å². The zero-order valence-electron chi connectivity index (χ0n) is 24.0. The maximum Gasteiger partial charge on any atom is 0.326 e. The van der Waals surface area contributed by atoms with Crippen molar-refractivity contribution in [2.45, 2.75) is 50.2 Å². The molecule has 1 heterocycles. The van der Waals surface area contributed by atoms with Crippen LogP contribution in [0.1, 0.15) is 31.2 Å². The number of aromatic amines is 1. The molecule has 11 N–H and O–H groups in total. The van der Waals surface area contributed by atoms with Gasteiger partial charge in [0.15, 0.2) is 0 Å². The van der Waals surface area contributed by atoms with Crippen LogP contribution in [0.2, 0.25) is 0 Å².